The van der Waals surface area contributed by atoms with Crippen molar-refractivity contribution in [3.63, 3.8) is 0 Å². The van der Waals surface area contributed by atoms with Crippen LogP contribution >= 0.6 is 0 Å². The number of carbonyl (C=O) groups is 1. The fourth-order valence-corrected chi connectivity index (χ4v) is 2.59. The van der Waals surface area contributed by atoms with Gasteiger partial charge in [-0.1, -0.05) is 0 Å². The van der Waals surface area contributed by atoms with E-state index in [4.69, 9.17) is 15.2 Å². The van der Waals surface area contributed by atoms with Crippen LogP contribution in [-0.2, 0) is 31.3 Å². The Balaban J connectivity index is 0.000000486. The Morgan fingerprint density at radius 3 is 2.19 bits per heavy atom. The van der Waals surface area contributed by atoms with Gasteiger partial charge in [0.15, 0.2) is 0 Å². The zero-order valence-corrected chi connectivity index (χ0v) is 15.7. The summed E-state index contributed by atoms with van der Waals surface area (Å²) >= 11 is 0. The fourth-order valence-electron chi connectivity index (χ4n) is 2.59. The van der Waals surface area contributed by atoms with Crippen molar-refractivity contribution in [1.29, 1.82) is 5.26 Å². The van der Waals surface area contributed by atoms with Crippen LogP contribution in [0.4, 0.5) is 0 Å². The van der Waals surface area contributed by atoms with E-state index in [9.17, 15) is 10.1 Å². The van der Waals surface area contributed by atoms with Gasteiger partial charge in [0.25, 0.3) is 0 Å². The number of rotatable bonds is 3. The van der Waals surface area contributed by atoms with Crippen molar-refractivity contribution in [2.75, 3.05) is 6.61 Å². The molecule has 26 heavy (non-hydrogen) atoms. The Morgan fingerprint density at radius 1 is 1.19 bits per heavy atom. The number of carbonyl (C=O) groups excluding carboxylic acids is 1. The average molecular weight is 392 g/mol. The second-order valence-electron chi connectivity index (χ2n) is 5.30. The number of nitriles is 1. The van der Waals surface area contributed by atoms with Gasteiger partial charge >= 0.3 is 23.0 Å². The molecular formula is C20H20FeN2O3+2. The third-order valence-corrected chi connectivity index (χ3v) is 3.68. The standard InChI is InChI=1S/C15H15N2O3.C5H5.Fe/c1-3-19-15(18)12-9(2)20-14(17)11(8-16)13(12)10-6-4-5-7-10;1-2-4-5-3-1;/h4-7,13H,3,17H2,1-2H3;1-5H;/q;;+2. The van der Waals surface area contributed by atoms with E-state index in [0.29, 0.717) is 11.3 Å². The molecule has 0 amide bonds. The number of nitrogens with two attached hydrogens (primary N) is 1. The van der Waals surface area contributed by atoms with E-state index in [0.717, 1.165) is 5.92 Å². The van der Waals surface area contributed by atoms with Gasteiger partial charge in [-0.2, -0.15) is 5.26 Å². The van der Waals surface area contributed by atoms with Gasteiger partial charge in [-0.25, -0.2) is 4.79 Å². The molecule has 0 aromatic heterocycles. The van der Waals surface area contributed by atoms with Gasteiger partial charge in [-0.05, 0) is 77.6 Å². The van der Waals surface area contributed by atoms with Crippen molar-refractivity contribution in [2.45, 2.75) is 13.8 Å². The first-order valence-corrected chi connectivity index (χ1v) is 7.93. The van der Waals surface area contributed by atoms with Gasteiger partial charge in [0.05, 0.1) is 17.8 Å². The fraction of sp³-hybridized carbons (Fsp3) is 0.200. The Morgan fingerprint density at radius 2 is 1.73 bits per heavy atom. The van der Waals surface area contributed by atoms with Gasteiger partial charge in [-0.3, -0.25) is 0 Å². The van der Waals surface area contributed by atoms with Gasteiger partial charge in [0.1, 0.15) is 11.8 Å². The van der Waals surface area contributed by atoms with Crippen molar-refractivity contribution in [3.05, 3.63) is 86.5 Å². The minimum absolute atomic E-state index is 0. The van der Waals surface area contributed by atoms with Crippen LogP contribution < -0.4 is 5.73 Å². The van der Waals surface area contributed by atoms with Crippen molar-refractivity contribution in [3.8, 4) is 6.07 Å². The van der Waals surface area contributed by atoms with E-state index >= 15 is 0 Å². The second kappa shape index (κ2) is 11.3. The van der Waals surface area contributed by atoms with Crippen molar-refractivity contribution in [2.24, 2.45) is 11.7 Å². The summed E-state index contributed by atoms with van der Waals surface area (Å²) in [5.41, 5.74) is 6.31. The predicted molar refractivity (Wildman–Crippen MR) is 92.7 cm³/mol. The Bertz CT molecular complexity index is 575. The van der Waals surface area contributed by atoms with E-state index < -0.39 is 11.9 Å². The molecule has 6 heteroatoms. The molecule has 0 aromatic rings. The van der Waals surface area contributed by atoms with Gasteiger partial charge in [0.2, 0.25) is 5.88 Å². The van der Waals surface area contributed by atoms with Crippen molar-refractivity contribution in [1.82, 2.24) is 0 Å². The molecule has 2 N–H and O–H groups in total. The summed E-state index contributed by atoms with van der Waals surface area (Å²) in [6, 6.07) is 2.03. The molecular weight excluding hydrogens is 372 g/mol. The van der Waals surface area contributed by atoms with Crippen molar-refractivity contribution >= 4 is 5.97 Å². The quantitative estimate of drug-likeness (QED) is 0.590. The molecule has 1 heterocycles. The normalized spacial score (nSPS) is 22.7. The summed E-state index contributed by atoms with van der Waals surface area (Å²) in [6.45, 7) is 3.62. The van der Waals surface area contributed by atoms with E-state index in [2.05, 4.69) is 0 Å². The van der Waals surface area contributed by atoms with Crippen LogP contribution in [0, 0.1) is 81.0 Å². The molecule has 2 aliphatic carbocycles. The first-order valence-electron chi connectivity index (χ1n) is 7.93. The monoisotopic (exact) mass is 392 g/mol. The van der Waals surface area contributed by atoms with E-state index in [-0.39, 0.29) is 35.1 Å². The number of hydrogen-bond acceptors (Lipinski definition) is 5. The SMILES string of the molecule is CCOC(=O)C1=C(C)OC(N)=C(C#N)C1[C]1[CH][CH][CH][CH]1.[CH]1[CH][CH][CH][CH]1.[Fe+2]. The summed E-state index contributed by atoms with van der Waals surface area (Å²) < 4.78 is 10.4. The Kier molecular flexibility index (Phi) is 9.83. The molecule has 5 nitrogen and oxygen atoms in total. The Labute approximate surface area is 167 Å². The van der Waals surface area contributed by atoms with E-state index in [1.165, 1.54) is 0 Å². The topological polar surface area (TPSA) is 85.3 Å². The maximum atomic E-state index is 12.1. The zero-order valence-electron chi connectivity index (χ0n) is 14.6. The van der Waals surface area contributed by atoms with Crippen molar-refractivity contribution < 1.29 is 31.3 Å². The van der Waals surface area contributed by atoms with Crippen LogP contribution in [0.5, 0.6) is 0 Å². The number of hydrogen-bond donors (Lipinski definition) is 1. The summed E-state index contributed by atoms with van der Waals surface area (Å²) in [7, 11) is 0. The molecule has 1 atom stereocenters. The first kappa shape index (κ1) is 22.6. The molecule has 3 aliphatic rings. The minimum Gasteiger partial charge on any atom is -0.463 e. The van der Waals surface area contributed by atoms with Crippen LogP contribution in [0.25, 0.3) is 0 Å². The van der Waals surface area contributed by atoms with Crippen LogP contribution in [0.15, 0.2) is 22.8 Å². The molecule has 2 saturated carbocycles. The molecule has 0 saturated heterocycles. The smallest absolute Gasteiger partial charge is 0.463 e. The van der Waals surface area contributed by atoms with Gasteiger partial charge < -0.3 is 15.2 Å². The molecule has 1 aliphatic heterocycles. The molecule has 0 spiro atoms. The maximum Gasteiger partial charge on any atom is 2.00 e. The zero-order chi connectivity index (χ0) is 18.2. The molecule has 2 fully saturated rings. The van der Waals surface area contributed by atoms with Gasteiger partial charge in [0, 0.05) is 5.92 Å². The third kappa shape index (κ3) is 5.53. The van der Waals surface area contributed by atoms with E-state index in [1.807, 2.05) is 63.9 Å². The second-order valence-corrected chi connectivity index (χ2v) is 5.30. The molecule has 3 rings (SSSR count). The molecule has 0 bridgehead atoms. The van der Waals surface area contributed by atoms with Crippen LogP contribution in [0.2, 0.25) is 0 Å². The average Bonchev–Trinajstić information content (AvgIpc) is 3.30. The number of allylic oxidation sites excluding steroid dienone is 2. The Hall–Kier alpha value is -1.44. The molecule has 134 valence electrons. The number of esters is 1. The minimum atomic E-state index is -0.539. The molecule has 0 aromatic carbocycles. The van der Waals surface area contributed by atoms with Crippen LogP contribution in [0.1, 0.15) is 13.8 Å². The summed E-state index contributed by atoms with van der Waals surface area (Å²) in [6.07, 6.45) is 17.4. The maximum absolute atomic E-state index is 12.1. The summed E-state index contributed by atoms with van der Waals surface area (Å²) in [4.78, 5) is 12.1. The van der Waals surface area contributed by atoms with E-state index in [1.54, 1.807) is 13.8 Å². The largest absolute Gasteiger partial charge is 2.00 e. The predicted octanol–water partition coefficient (Wildman–Crippen LogP) is 2.59. The third-order valence-electron chi connectivity index (χ3n) is 3.68. The number of nitrogens with zero attached hydrogens (tertiary/aromatic N) is 1. The summed E-state index contributed by atoms with van der Waals surface area (Å²) in [5, 5.41) is 9.30. The molecule has 1 unspecified atom stereocenters. The molecule has 10 radical (unpaired) electrons. The summed E-state index contributed by atoms with van der Waals surface area (Å²) in [5.74, 6) is 0.185. The number of ether oxygens (including phenoxy) is 2. The van der Waals surface area contributed by atoms with Crippen LogP contribution in [0.3, 0.4) is 0 Å². The first-order chi connectivity index (χ1) is 12.1. The van der Waals surface area contributed by atoms with Crippen LogP contribution in [-0.4, -0.2) is 12.6 Å². The van der Waals surface area contributed by atoms with Gasteiger partial charge in [-0.15, -0.1) is 0 Å².